The van der Waals surface area contributed by atoms with E-state index in [4.69, 9.17) is 0 Å². The van der Waals surface area contributed by atoms with Crippen LogP contribution in [-0.2, 0) is 0 Å². The fourth-order valence-electron chi connectivity index (χ4n) is 1.32. The molecule has 2 rings (SSSR count). The molecular formula is C10H7NO3S. The van der Waals surface area contributed by atoms with Crippen molar-refractivity contribution in [2.75, 3.05) is 0 Å². The number of nitro benzene ring substituents is 1. The third-order valence-corrected chi connectivity index (χ3v) is 3.27. The van der Waals surface area contributed by atoms with Crippen LogP contribution in [0.15, 0.2) is 24.3 Å². The number of carbonyl (C=O) groups excluding carboxylic acids is 1. The summed E-state index contributed by atoms with van der Waals surface area (Å²) < 4.78 is 0.894. The van der Waals surface area contributed by atoms with Crippen molar-refractivity contribution in [3.63, 3.8) is 0 Å². The normalized spacial score (nSPS) is 10.5. The second-order valence-electron chi connectivity index (χ2n) is 3.15. The lowest BCUT2D eigenvalue weighted by molar-refractivity contribution is -0.384. The predicted molar refractivity (Wildman–Crippen MR) is 58.5 cm³/mol. The minimum absolute atomic E-state index is 0.0150. The van der Waals surface area contributed by atoms with Crippen LogP contribution in [0.4, 0.5) is 5.69 Å². The Morgan fingerprint density at radius 3 is 2.73 bits per heavy atom. The van der Waals surface area contributed by atoms with E-state index in [9.17, 15) is 14.9 Å². The van der Waals surface area contributed by atoms with Gasteiger partial charge in [0.25, 0.3) is 5.69 Å². The predicted octanol–water partition coefficient (Wildman–Crippen LogP) is 3.01. The van der Waals surface area contributed by atoms with Crippen molar-refractivity contribution < 1.29 is 9.72 Å². The largest absolute Gasteiger partial charge is 0.294 e. The summed E-state index contributed by atoms with van der Waals surface area (Å²) in [5.74, 6) is -0.0150. The summed E-state index contributed by atoms with van der Waals surface area (Å²) in [5, 5.41) is 11.3. The van der Waals surface area contributed by atoms with E-state index in [1.807, 2.05) is 0 Å². The van der Waals surface area contributed by atoms with Gasteiger partial charge in [-0.1, -0.05) is 0 Å². The van der Waals surface area contributed by atoms with Gasteiger partial charge in [-0.3, -0.25) is 14.9 Å². The molecule has 76 valence electrons. The van der Waals surface area contributed by atoms with Gasteiger partial charge in [-0.2, -0.15) is 0 Å². The van der Waals surface area contributed by atoms with Gasteiger partial charge in [0, 0.05) is 16.8 Å². The Hall–Kier alpha value is -1.75. The standard InChI is InChI=1S/C10H7NO3S/c1-6(12)10-5-7-4-8(11(13)14)2-3-9(7)15-10/h2-5H,1H3. The van der Waals surface area contributed by atoms with E-state index >= 15 is 0 Å². The van der Waals surface area contributed by atoms with Crippen molar-refractivity contribution in [2.45, 2.75) is 6.92 Å². The van der Waals surface area contributed by atoms with Gasteiger partial charge in [-0.05, 0) is 24.4 Å². The Morgan fingerprint density at radius 1 is 1.40 bits per heavy atom. The number of carbonyl (C=O) groups is 1. The third-order valence-electron chi connectivity index (χ3n) is 2.06. The van der Waals surface area contributed by atoms with E-state index in [2.05, 4.69) is 0 Å². The minimum atomic E-state index is -0.440. The summed E-state index contributed by atoms with van der Waals surface area (Å²) in [7, 11) is 0. The van der Waals surface area contributed by atoms with Gasteiger partial charge in [0.05, 0.1) is 9.80 Å². The Balaban J connectivity index is 2.62. The molecule has 0 unspecified atom stereocenters. The molecule has 15 heavy (non-hydrogen) atoms. The van der Waals surface area contributed by atoms with E-state index in [0.717, 1.165) is 10.1 Å². The third kappa shape index (κ3) is 1.73. The number of thiophene rings is 1. The topological polar surface area (TPSA) is 60.2 Å². The number of nitrogens with zero attached hydrogens (tertiary/aromatic N) is 1. The zero-order valence-electron chi connectivity index (χ0n) is 7.89. The number of hydrogen-bond donors (Lipinski definition) is 0. The Kier molecular flexibility index (Phi) is 2.24. The van der Waals surface area contributed by atoms with Gasteiger partial charge >= 0.3 is 0 Å². The summed E-state index contributed by atoms with van der Waals surface area (Å²) in [6, 6.07) is 6.29. The summed E-state index contributed by atoms with van der Waals surface area (Å²) in [4.78, 5) is 21.8. The molecule has 2 aromatic rings. The van der Waals surface area contributed by atoms with Crippen LogP contribution in [0.25, 0.3) is 10.1 Å². The molecule has 0 saturated heterocycles. The number of hydrogen-bond acceptors (Lipinski definition) is 4. The molecule has 0 N–H and O–H groups in total. The maximum Gasteiger partial charge on any atom is 0.270 e. The molecule has 0 spiro atoms. The van der Waals surface area contributed by atoms with E-state index in [1.54, 1.807) is 12.1 Å². The van der Waals surface area contributed by atoms with Crippen molar-refractivity contribution in [2.24, 2.45) is 0 Å². The Bertz CT molecular complexity index is 547. The molecule has 0 saturated carbocycles. The smallest absolute Gasteiger partial charge is 0.270 e. The first-order chi connectivity index (χ1) is 7.08. The SMILES string of the molecule is CC(=O)c1cc2cc([N+](=O)[O-])ccc2s1. The van der Waals surface area contributed by atoms with E-state index in [0.29, 0.717) is 4.88 Å². The molecule has 1 aromatic heterocycles. The van der Waals surface area contributed by atoms with Crippen LogP contribution < -0.4 is 0 Å². The summed E-state index contributed by atoms with van der Waals surface area (Å²) in [6.07, 6.45) is 0. The number of Topliss-reactive ketones (excluding diaryl/α,β-unsaturated/α-hetero) is 1. The maximum absolute atomic E-state index is 11.1. The van der Waals surface area contributed by atoms with Crippen LogP contribution >= 0.6 is 11.3 Å². The van der Waals surface area contributed by atoms with Gasteiger partial charge in [-0.25, -0.2) is 0 Å². The minimum Gasteiger partial charge on any atom is -0.294 e. The first-order valence-corrected chi connectivity index (χ1v) is 5.08. The highest BCUT2D eigenvalue weighted by Crippen LogP contribution is 2.28. The Labute approximate surface area is 89.3 Å². The van der Waals surface area contributed by atoms with E-state index < -0.39 is 4.92 Å². The highest BCUT2D eigenvalue weighted by Gasteiger charge is 2.10. The molecule has 0 atom stereocenters. The number of ketones is 1. The van der Waals surface area contributed by atoms with E-state index in [1.165, 1.54) is 30.4 Å². The van der Waals surface area contributed by atoms with Crippen LogP contribution in [0.5, 0.6) is 0 Å². The zero-order chi connectivity index (χ0) is 11.0. The summed E-state index contributed by atoms with van der Waals surface area (Å²) >= 11 is 1.35. The molecule has 4 nitrogen and oxygen atoms in total. The number of benzene rings is 1. The second-order valence-corrected chi connectivity index (χ2v) is 4.23. The number of rotatable bonds is 2. The average Bonchev–Trinajstić information content (AvgIpc) is 2.59. The van der Waals surface area contributed by atoms with Crippen molar-refractivity contribution in [1.29, 1.82) is 0 Å². The molecule has 0 radical (unpaired) electrons. The molecule has 5 heteroatoms. The fourth-order valence-corrected chi connectivity index (χ4v) is 2.26. The number of non-ortho nitro benzene ring substituents is 1. The van der Waals surface area contributed by atoms with Crippen LogP contribution in [-0.4, -0.2) is 10.7 Å². The molecule has 0 aliphatic rings. The molecule has 0 fully saturated rings. The van der Waals surface area contributed by atoms with Gasteiger partial charge in [0.15, 0.2) is 5.78 Å². The quantitative estimate of drug-likeness (QED) is 0.445. The maximum atomic E-state index is 11.1. The van der Waals surface area contributed by atoms with Crippen molar-refractivity contribution in [3.05, 3.63) is 39.3 Å². The highest BCUT2D eigenvalue weighted by atomic mass is 32.1. The second kappa shape index (κ2) is 3.43. The molecule has 0 amide bonds. The molecule has 0 aliphatic carbocycles. The van der Waals surface area contributed by atoms with Crippen molar-refractivity contribution >= 4 is 32.9 Å². The van der Waals surface area contributed by atoms with Crippen LogP contribution in [0, 0.1) is 10.1 Å². The van der Waals surface area contributed by atoms with E-state index in [-0.39, 0.29) is 11.5 Å². The molecule has 0 bridgehead atoms. The Morgan fingerprint density at radius 2 is 2.13 bits per heavy atom. The van der Waals surface area contributed by atoms with Gasteiger partial charge in [0.2, 0.25) is 0 Å². The fraction of sp³-hybridized carbons (Fsp3) is 0.100. The zero-order valence-corrected chi connectivity index (χ0v) is 8.71. The van der Waals surface area contributed by atoms with Gasteiger partial charge < -0.3 is 0 Å². The van der Waals surface area contributed by atoms with Crippen LogP contribution in [0.1, 0.15) is 16.6 Å². The van der Waals surface area contributed by atoms with Crippen LogP contribution in [0.2, 0.25) is 0 Å². The van der Waals surface area contributed by atoms with Gasteiger partial charge in [-0.15, -0.1) is 11.3 Å². The van der Waals surface area contributed by atoms with Crippen LogP contribution in [0.3, 0.4) is 0 Å². The average molecular weight is 221 g/mol. The lowest BCUT2D eigenvalue weighted by Crippen LogP contribution is -1.85. The number of fused-ring (bicyclic) bond motifs is 1. The monoisotopic (exact) mass is 221 g/mol. The summed E-state index contributed by atoms with van der Waals surface area (Å²) in [5.41, 5.74) is 0.0513. The molecular weight excluding hydrogens is 214 g/mol. The number of nitro groups is 1. The van der Waals surface area contributed by atoms with Gasteiger partial charge in [0.1, 0.15) is 0 Å². The lowest BCUT2D eigenvalue weighted by Gasteiger charge is -1.89. The first kappa shape index (κ1) is 9.79. The first-order valence-electron chi connectivity index (χ1n) is 4.27. The highest BCUT2D eigenvalue weighted by molar-refractivity contribution is 7.20. The molecule has 1 heterocycles. The molecule has 1 aromatic carbocycles. The van der Waals surface area contributed by atoms with Crippen molar-refractivity contribution in [3.8, 4) is 0 Å². The summed E-state index contributed by atoms with van der Waals surface area (Å²) in [6.45, 7) is 1.49. The van der Waals surface area contributed by atoms with Crippen molar-refractivity contribution in [1.82, 2.24) is 0 Å². The molecule has 0 aliphatic heterocycles. The lowest BCUT2D eigenvalue weighted by atomic mass is 10.2.